The Morgan fingerprint density at radius 3 is 2.81 bits per heavy atom. The number of tetrazole rings is 1. The van der Waals surface area contributed by atoms with Crippen molar-refractivity contribution in [2.24, 2.45) is 0 Å². The molecule has 1 unspecified atom stereocenters. The van der Waals surface area contributed by atoms with Crippen molar-refractivity contribution >= 4 is 17.5 Å². The van der Waals surface area contributed by atoms with Crippen LogP contribution in [-0.2, 0) is 5.72 Å². The highest BCUT2D eigenvalue weighted by molar-refractivity contribution is 5.72. The summed E-state index contributed by atoms with van der Waals surface area (Å²) in [4.78, 5) is 8.47. The van der Waals surface area contributed by atoms with Gasteiger partial charge in [0.15, 0.2) is 17.5 Å². The highest BCUT2D eigenvalue weighted by Crippen LogP contribution is 2.40. The molecule has 2 aliphatic rings. The summed E-state index contributed by atoms with van der Waals surface area (Å²) in [5.74, 6) is 1.24. The molecule has 4 heterocycles. The summed E-state index contributed by atoms with van der Waals surface area (Å²) < 4.78 is 22.1. The third-order valence-corrected chi connectivity index (χ3v) is 5.83. The molecule has 2 aromatic heterocycles. The standard InChI is InChI=1S/C21H26FN9O/c1-11-15(9-20(2,3)27-11)25-17-14(22)10-23-19(26-17)24-12-6-7-16-13(8-12)18-28-29-30-31(18)21(4,5)32-16/h6-8,10-11,15,27H,9H2,1-5H3,(H2,23,24,25,26)/t11?,15-/m0/s1. The van der Waals surface area contributed by atoms with E-state index in [4.69, 9.17) is 4.74 Å². The van der Waals surface area contributed by atoms with Gasteiger partial charge in [-0.05, 0) is 69.7 Å². The van der Waals surface area contributed by atoms with Crippen LogP contribution in [0.4, 0.5) is 21.8 Å². The quantitative estimate of drug-likeness (QED) is 0.564. The van der Waals surface area contributed by atoms with Gasteiger partial charge in [-0.25, -0.2) is 9.37 Å². The number of halogens is 1. The van der Waals surface area contributed by atoms with Crippen LogP contribution in [0.1, 0.15) is 41.0 Å². The minimum Gasteiger partial charge on any atom is -0.466 e. The number of hydrogen-bond donors (Lipinski definition) is 3. The number of ether oxygens (including phenoxy) is 1. The fourth-order valence-corrected chi connectivity index (χ4v) is 4.41. The van der Waals surface area contributed by atoms with Gasteiger partial charge in [-0.2, -0.15) is 9.67 Å². The molecule has 1 aromatic carbocycles. The number of anilines is 3. The van der Waals surface area contributed by atoms with E-state index in [1.54, 1.807) is 4.68 Å². The fourth-order valence-electron chi connectivity index (χ4n) is 4.41. The van der Waals surface area contributed by atoms with E-state index in [0.717, 1.165) is 12.0 Å². The van der Waals surface area contributed by atoms with Crippen LogP contribution in [0, 0.1) is 5.82 Å². The van der Waals surface area contributed by atoms with Crippen molar-refractivity contribution in [3.8, 4) is 17.1 Å². The summed E-state index contributed by atoms with van der Waals surface area (Å²) in [5, 5.41) is 21.8. The fraction of sp³-hybridized carbons (Fsp3) is 0.476. The third-order valence-electron chi connectivity index (χ3n) is 5.83. The number of rotatable bonds is 4. The van der Waals surface area contributed by atoms with Gasteiger partial charge < -0.3 is 20.7 Å². The summed E-state index contributed by atoms with van der Waals surface area (Å²) in [6, 6.07) is 5.79. The minimum absolute atomic E-state index is 0.0170. The summed E-state index contributed by atoms with van der Waals surface area (Å²) >= 11 is 0. The zero-order valence-corrected chi connectivity index (χ0v) is 18.6. The van der Waals surface area contributed by atoms with E-state index >= 15 is 0 Å². The summed E-state index contributed by atoms with van der Waals surface area (Å²) in [6.45, 7) is 10.1. The van der Waals surface area contributed by atoms with Crippen LogP contribution in [-0.4, -0.2) is 47.8 Å². The summed E-state index contributed by atoms with van der Waals surface area (Å²) in [7, 11) is 0. The molecule has 0 amide bonds. The van der Waals surface area contributed by atoms with E-state index in [0.29, 0.717) is 17.3 Å². The van der Waals surface area contributed by atoms with Crippen molar-refractivity contribution in [1.82, 2.24) is 35.5 Å². The molecule has 168 valence electrons. The second-order valence-electron chi connectivity index (χ2n) is 9.46. The number of hydrogen-bond acceptors (Lipinski definition) is 9. The average Bonchev–Trinajstić information content (AvgIpc) is 3.30. The lowest BCUT2D eigenvalue weighted by atomic mass is 10.0. The first-order valence-electron chi connectivity index (χ1n) is 10.6. The van der Waals surface area contributed by atoms with Crippen LogP contribution < -0.4 is 20.7 Å². The van der Waals surface area contributed by atoms with Crippen molar-refractivity contribution in [2.45, 2.75) is 64.4 Å². The van der Waals surface area contributed by atoms with Crippen molar-refractivity contribution < 1.29 is 9.13 Å². The Labute approximate surface area is 185 Å². The molecule has 0 bridgehead atoms. The van der Waals surface area contributed by atoms with E-state index in [9.17, 15) is 4.39 Å². The first-order chi connectivity index (χ1) is 15.1. The molecular weight excluding hydrogens is 413 g/mol. The Morgan fingerprint density at radius 1 is 1.25 bits per heavy atom. The molecule has 3 aromatic rings. The predicted octanol–water partition coefficient (Wildman–Crippen LogP) is 3.04. The first-order valence-corrected chi connectivity index (χ1v) is 10.6. The van der Waals surface area contributed by atoms with E-state index in [1.165, 1.54) is 6.20 Å². The molecule has 0 aliphatic carbocycles. The SMILES string of the molecule is CC1NC(C)(C)C[C@@H]1Nc1nc(Nc2ccc3c(c2)-c2nnnn2C(C)(C)O3)ncc1F. The lowest BCUT2D eigenvalue weighted by molar-refractivity contribution is 0.0120. The summed E-state index contributed by atoms with van der Waals surface area (Å²) in [5.41, 5.74) is 0.739. The monoisotopic (exact) mass is 439 g/mol. The van der Waals surface area contributed by atoms with E-state index < -0.39 is 11.5 Å². The van der Waals surface area contributed by atoms with Crippen LogP contribution in [0.5, 0.6) is 5.75 Å². The zero-order valence-electron chi connectivity index (χ0n) is 18.6. The lowest BCUT2D eigenvalue weighted by Gasteiger charge is -2.32. The largest absolute Gasteiger partial charge is 0.466 e. The molecular formula is C21H26FN9O. The third kappa shape index (κ3) is 3.62. The number of benzene rings is 1. The molecule has 1 saturated heterocycles. The Hall–Kier alpha value is -3.34. The van der Waals surface area contributed by atoms with Gasteiger partial charge in [0.2, 0.25) is 11.7 Å². The van der Waals surface area contributed by atoms with Crippen LogP contribution in [0.15, 0.2) is 24.4 Å². The van der Waals surface area contributed by atoms with Crippen molar-refractivity contribution in [3.63, 3.8) is 0 Å². The molecule has 32 heavy (non-hydrogen) atoms. The van der Waals surface area contributed by atoms with Gasteiger partial charge in [0.1, 0.15) is 5.75 Å². The van der Waals surface area contributed by atoms with Gasteiger partial charge in [0.25, 0.3) is 0 Å². The second-order valence-corrected chi connectivity index (χ2v) is 9.46. The maximum absolute atomic E-state index is 14.4. The molecule has 0 saturated carbocycles. The van der Waals surface area contributed by atoms with E-state index in [2.05, 4.69) is 62.2 Å². The van der Waals surface area contributed by atoms with Gasteiger partial charge in [0.05, 0.1) is 11.8 Å². The maximum Gasteiger partial charge on any atom is 0.229 e. The van der Waals surface area contributed by atoms with Crippen LogP contribution in [0.2, 0.25) is 0 Å². The van der Waals surface area contributed by atoms with E-state index in [1.807, 2.05) is 32.0 Å². The number of nitrogens with zero attached hydrogens (tertiary/aromatic N) is 6. The van der Waals surface area contributed by atoms with Gasteiger partial charge >= 0.3 is 0 Å². The molecule has 3 N–H and O–H groups in total. The Bertz CT molecular complexity index is 1180. The van der Waals surface area contributed by atoms with Crippen molar-refractivity contribution in [3.05, 3.63) is 30.2 Å². The van der Waals surface area contributed by atoms with Gasteiger partial charge in [-0.1, -0.05) is 0 Å². The van der Waals surface area contributed by atoms with Crippen molar-refractivity contribution in [2.75, 3.05) is 10.6 Å². The summed E-state index contributed by atoms with van der Waals surface area (Å²) in [6.07, 6.45) is 2.02. The van der Waals surface area contributed by atoms with Crippen LogP contribution >= 0.6 is 0 Å². The van der Waals surface area contributed by atoms with Gasteiger partial charge in [0, 0.05) is 23.3 Å². The number of aromatic nitrogens is 6. The number of fused-ring (bicyclic) bond motifs is 3. The first kappa shape index (κ1) is 20.6. The molecule has 0 spiro atoms. The molecule has 11 heteroatoms. The average molecular weight is 439 g/mol. The maximum atomic E-state index is 14.4. The van der Waals surface area contributed by atoms with Gasteiger partial charge in [-0.15, -0.1) is 5.10 Å². The molecule has 0 radical (unpaired) electrons. The van der Waals surface area contributed by atoms with Crippen molar-refractivity contribution in [1.29, 1.82) is 0 Å². The minimum atomic E-state index is -0.692. The highest BCUT2D eigenvalue weighted by atomic mass is 19.1. The Kier molecular flexibility index (Phi) is 4.55. The van der Waals surface area contributed by atoms with Crippen LogP contribution in [0.3, 0.4) is 0 Å². The molecule has 2 aliphatic heterocycles. The predicted molar refractivity (Wildman–Crippen MR) is 117 cm³/mol. The molecule has 10 nitrogen and oxygen atoms in total. The molecule has 1 fully saturated rings. The Morgan fingerprint density at radius 2 is 2.06 bits per heavy atom. The van der Waals surface area contributed by atoms with Gasteiger partial charge in [-0.3, -0.25) is 0 Å². The number of nitrogens with one attached hydrogen (secondary N) is 3. The molecule has 2 atom stereocenters. The highest BCUT2D eigenvalue weighted by Gasteiger charge is 2.37. The second kappa shape index (κ2) is 7.09. The molecule has 5 rings (SSSR count). The topological polar surface area (TPSA) is 115 Å². The Balaban J connectivity index is 1.39. The smallest absolute Gasteiger partial charge is 0.229 e. The van der Waals surface area contributed by atoms with E-state index in [-0.39, 0.29) is 29.4 Å². The lowest BCUT2D eigenvalue weighted by Crippen LogP contribution is -2.37. The normalized spacial score (nSPS) is 22.6. The van der Waals surface area contributed by atoms with Crippen LogP contribution in [0.25, 0.3) is 11.4 Å². The zero-order chi connectivity index (χ0) is 22.7.